The Balaban J connectivity index is 2.75. The molecule has 21 heavy (non-hydrogen) atoms. The Morgan fingerprint density at radius 1 is 1.33 bits per heavy atom. The molecule has 1 aromatic rings. The molecule has 0 heterocycles. The highest BCUT2D eigenvalue weighted by Crippen LogP contribution is 2.23. The zero-order valence-electron chi connectivity index (χ0n) is 13.0. The number of amides is 1. The Labute approximate surface area is 129 Å². The molecule has 0 aliphatic heterocycles. The molecule has 0 fully saturated rings. The summed E-state index contributed by atoms with van der Waals surface area (Å²) in [5.74, 6) is 0.0593. The second kappa shape index (κ2) is 7.37. The second-order valence-corrected chi connectivity index (χ2v) is 7.58. The maximum absolute atomic E-state index is 11.7. The molecule has 0 aliphatic rings. The van der Waals surface area contributed by atoms with Crippen molar-refractivity contribution >= 4 is 16.7 Å². The van der Waals surface area contributed by atoms with Gasteiger partial charge in [-0.25, -0.2) is 0 Å². The predicted molar refractivity (Wildman–Crippen MR) is 85.2 cm³/mol. The van der Waals surface area contributed by atoms with Crippen molar-refractivity contribution in [2.24, 2.45) is 0 Å². The number of rotatable bonds is 5. The molecule has 114 valence electrons. The van der Waals surface area contributed by atoms with Gasteiger partial charge in [-0.05, 0) is 16.5 Å². The van der Waals surface area contributed by atoms with Gasteiger partial charge in [-0.15, -0.1) is 0 Å². The smallest absolute Gasteiger partial charge is 0.222 e. The molecule has 1 aromatic carbocycles. The van der Waals surface area contributed by atoms with Crippen molar-refractivity contribution in [3.8, 4) is 6.07 Å². The summed E-state index contributed by atoms with van der Waals surface area (Å²) in [5, 5.41) is 11.9. The third kappa shape index (κ3) is 5.68. The van der Waals surface area contributed by atoms with Gasteiger partial charge >= 0.3 is 0 Å². The summed E-state index contributed by atoms with van der Waals surface area (Å²) in [6.45, 7) is 6.36. The van der Waals surface area contributed by atoms with Gasteiger partial charge in [0.15, 0.2) is 0 Å². The number of hydrogen-bond acceptors (Lipinski definition) is 3. The van der Waals surface area contributed by atoms with Crippen LogP contribution in [0.3, 0.4) is 0 Å². The van der Waals surface area contributed by atoms with Crippen molar-refractivity contribution in [2.45, 2.75) is 38.6 Å². The zero-order valence-corrected chi connectivity index (χ0v) is 13.8. The Bertz CT molecular complexity index is 553. The number of nitrogens with one attached hydrogen (secondary N) is 1. The molecule has 0 radical (unpaired) electrons. The summed E-state index contributed by atoms with van der Waals surface area (Å²) in [6, 6.07) is 9.11. The van der Waals surface area contributed by atoms with E-state index in [2.05, 4.69) is 32.2 Å². The fourth-order valence-electron chi connectivity index (χ4n) is 1.84. The van der Waals surface area contributed by atoms with Crippen LogP contribution in [-0.2, 0) is 21.0 Å². The normalized spacial score (nSPS) is 14.0. The SMILES string of the molecule is C[S@@](=O)CCC(=O)N[C@@H](C#N)c1ccc(C(C)(C)C)cc1. The monoisotopic (exact) mass is 306 g/mol. The summed E-state index contributed by atoms with van der Waals surface area (Å²) >= 11 is 0. The maximum atomic E-state index is 11.7. The van der Waals surface area contributed by atoms with Crippen LogP contribution < -0.4 is 5.32 Å². The fourth-order valence-corrected chi connectivity index (χ4v) is 2.31. The highest BCUT2D eigenvalue weighted by atomic mass is 32.2. The average molecular weight is 306 g/mol. The van der Waals surface area contributed by atoms with Crippen LogP contribution in [0.25, 0.3) is 0 Å². The van der Waals surface area contributed by atoms with Crippen LogP contribution in [-0.4, -0.2) is 22.1 Å². The molecule has 0 saturated heterocycles. The van der Waals surface area contributed by atoms with Gasteiger partial charge < -0.3 is 5.32 Å². The van der Waals surface area contributed by atoms with Crippen molar-refractivity contribution < 1.29 is 9.00 Å². The molecular weight excluding hydrogens is 284 g/mol. The molecule has 5 heteroatoms. The minimum absolute atomic E-state index is 0.0507. The number of benzene rings is 1. The number of carbonyl (C=O) groups excluding carboxylic acids is 1. The molecule has 2 atom stereocenters. The van der Waals surface area contributed by atoms with E-state index in [1.165, 1.54) is 5.56 Å². The number of hydrogen-bond donors (Lipinski definition) is 1. The van der Waals surface area contributed by atoms with Gasteiger partial charge in [-0.1, -0.05) is 45.0 Å². The van der Waals surface area contributed by atoms with E-state index in [4.69, 9.17) is 0 Å². The van der Waals surface area contributed by atoms with Crippen LogP contribution in [0.2, 0.25) is 0 Å². The second-order valence-electron chi connectivity index (χ2n) is 6.03. The molecular formula is C16H22N2O2S. The first-order chi connectivity index (χ1) is 9.74. The van der Waals surface area contributed by atoms with E-state index in [1.54, 1.807) is 6.26 Å². The lowest BCUT2D eigenvalue weighted by Gasteiger charge is -2.20. The highest BCUT2D eigenvalue weighted by Gasteiger charge is 2.17. The van der Waals surface area contributed by atoms with E-state index in [0.717, 1.165) is 5.56 Å². The lowest BCUT2D eigenvalue weighted by Crippen LogP contribution is -2.28. The number of nitrogens with zero attached hydrogens (tertiary/aromatic N) is 1. The van der Waals surface area contributed by atoms with Gasteiger partial charge in [-0.2, -0.15) is 5.26 Å². The third-order valence-electron chi connectivity index (χ3n) is 3.16. The molecule has 1 N–H and O–H groups in total. The topological polar surface area (TPSA) is 70.0 Å². The first kappa shape index (κ1) is 17.4. The van der Waals surface area contributed by atoms with Crippen molar-refractivity contribution in [1.82, 2.24) is 5.32 Å². The quantitative estimate of drug-likeness (QED) is 0.908. The minimum Gasteiger partial charge on any atom is -0.337 e. The van der Waals surface area contributed by atoms with Crippen LogP contribution in [0.5, 0.6) is 0 Å². The van der Waals surface area contributed by atoms with Crippen LogP contribution in [0.1, 0.15) is 44.4 Å². The molecule has 0 saturated carbocycles. The minimum atomic E-state index is -1.00. The number of nitriles is 1. The standard InChI is InChI=1S/C16H22N2O2S/c1-16(2,3)13-7-5-12(6-8-13)14(11-17)18-15(19)9-10-21(4)20/h5-8,14H,9-10H2,1-4H3,(H,18,19)/t14-,21+/m0/s1. The fraction of sp³-hybridized carbons (Fsp3) is 0.500. The van der Waals surface area contributed by atoms with Gasteiger partial charge in [0, 0.05) is 29.2 Å². The maximum Gasteiger partial charge on any atom is 0.222 e. The molecule has 1 rings (SSSR count). The van der Waals surface area contributed by atoms with Crippen LogP contribution in [0.4, 0.5) is 0 Å². The molecule has 0 spiro atoms. The van der Waals surface area contributed by atoms with E-state index in [1.807, 2.05) is 24.3 Å². The van der Waals surface area contributed by atoms with Crippen molar-refractivity contribution in [2.75, 3.05) is 12.0 Å². The lowest BCUT2D eigenvalue weighted by atomic mass is 9.86. The molecule has 0 bridgehead atoms. The van der Waals surface area contributed by atoms with E-state index in [-0.39, 0.29) is 17.7 Å². The van der Waals surface area contributed by atoms with E-state index in [9.17, 15) is 14.3 Å². The van der Waals surface area contributed by atoms with Gasteiger partial charge in [0.25, 0.3) is 0 Å². The zero-order chi connectivity index (χ0) is 16.0. The Morgan fingerprint density at radius 3 is 2.33 bits per heavy atom. The molecule has 1 amide bonds. The lowest BCUT2D eigenvalue weighted by molar-refractivity contribution is -0.121. The van der Waals surface area contributed by atoms with Gasteiger partial charge in [0.1, 0.15) is 6.04 Å². The van der Waals surface area contributed by atoms with Crippen molar-refractivity contribution in [1.29, 1.82) is 5.26 Å². The summed E-state index contributed by atoms with van der Waals surface area (Å²) in [7, 11) is -1.00. The third-order valence-corrected chi connectivity index (χ3v) is 3.94. The van der Waals surface area contributed by atoms with Gasteiger partial charge in [0.2, 0.25) is 5.91 Å². The summed E-state index contributed by atoms with van der Waals surface area (Å²) in [5.41, 5.74) is 1.99. The van der Waals surface area contributed by atoms with E-state index >= 15 is 0 Å². The van der Waals surface area contributed by atoms with E-state index < -0.39 is 16.8 Å². The molecule has 0 aliphatic carbocycles. The summed E-state index contributed by atoms with van der Waals surface area (Å²) < 4.78 is 11.0. The average Bonchev–Trinajstić information content (AvgIpc) is 2.41. The van der Waals surface area contributed by atoms with Crippen LogP contribution in [0.15, 0.2) is 24.3 Å². The first-order valence-electron chi connectivity index (χ1n) is 6.83. The van der Waals surface area contributed by atoms with Crippen molar-refractivity contribution in [3.05, 3.63) is 35.4 Å². The van der Waals surface area contributed by atoms with E-state index in [0.29, 0.717) is 5.75 Å². The Kier molecular flexibility index (Phi) is 6.10. The Hall–Kier alpha value is -1.67. The highest BCUT2D eigenvalue weighted by molar-refractivity contribution is 7.84. The summed E-state index contributed by atoms with van der Waals surface area (Å²) in [6.07, 6.45) is 1.72. The first-order valence-corrected chi connectivity index (χ1v) is 8.56. The number of carbonyl (C=O) groups is 1. The predicted octanol–water partition coefficient (Wildman–Crippen LogP) is 2.43. The largest absolute Gasteiger partial charge is 0.337 e. The molecule has 0 aromatic heterocycles. The van der Waals surface area contributed by atoms with Gasteiger partial charge in [0.05, 0.1) is 6.07 Å². The van der Waals surface area contributed by atoms with Crippen LogP contribution in [0, 0.1) is 11.3 Å². The summed E-state index contributed by atoms with van der Waals surface area (Å²) in [4.78, 5) is 11.7. The van der Waals surface area contributed by atoms with Crippen LogP contribution >= 0.6 is 0 Å². The van der Waals surface area contributed by atoms with Crippen molar-refractivity contribution in [3.63, 3.8) is 0 Å². The van der Waals surface area contributed by atoms with Gasteiger partial charge in [-0.3, -0.25) is 9.00 Å². The Morgan fingerprint density at radius 2 is 1.90 bits per heavy atom. The molecule has 4 nitrogen and oxygen atoms in total. The molecule has 0 unspecified atom stereocenters.